The van der Waals surface area contributed by atoms with Crippen LogP contribution in [-0.4, -0.2) is 23.1 Å². The molecular formula is C14H22N2O3S. The number of urea groups is 1. The Morgan fingerprint density at radius 3 is 2.50 bits per heavy atom. The van der Waals surface area contributed by atoms with Gasteiger partial charge in [0.1, 0.15) is 0 Å². The van der Waals surface area contributed by atoms with Gasteiger partial charge in [0.2, 0.25) is 0 Å². The van der Waals surface area contributed by atoms with Crippen LogP contribution in [-0.2, 0) is 4.79 Å². The molecule has 2 unspecified atom stereocenters. The Balaban J connectivity index is 2.60. The SMILES string of the molecule is CCC(CC(=O)O)NC(=O)NC(c1cccs1)C(C)C. The van der Waals surface area contributed by atoms with Crippen LogP contribution in [0.5, 0.6) is 0 Å². The molecule has 0 aliphatic carbocycles. The van der Waals surface area contributed by atoms with Crippen LogP contribution in [0.3, 0.4) is 0 Å². The average Bonchev–Trinajstić information content (AvgIpc) is 2.87. The van der Waals surface area contributed by atoms with Crippen LogP contribution in [0.15, 0.2) is 17.5 Å². The van der Waals surface area contributed by atoms with E-state index in [0.717, 1.165) is 4.88 Å². The zero-order valence-corrected chi connectivity index (χ0v) is 12.9. The number of hydrogen-bond acceptors (Lipinski definition) is 3. The van der Waals surface area contributed by atoms with Gasteiger partial charge < -0.3 is 15.7 Å². The van der Waals surface area contributed by atoms with Gasteiger partial charge in [-0.3, -0.25) is 4.79 Å². The maximum Gasteiger partial charge on any atom is 0.315 e. The van der Waals surface area contributed by atoms with E-state index in [2.05, 4.69) is 10.6 Å². The minimum Gasteiger partial charge on any atom is -0.481 e. The lowest BCUT2D eigenvalue weighted by atomic mass is 10.0. The fourth-order valence-corrected chi connectivity index (χ4v) is 2.86. The van der Waals surface area contributed by atoms with Gasteiger partial charge in [0, 0.05) is 10.9 Å². The van der Waals surface area contributed by atoms with E-state index in [1.807, 2.05) is 38.3 Å². The summed E-state index contributed by atoms with van der Waals surface area (Å²) in [5.74, 6) is -0.644. The number of amides is 2. The minimum atomic E-state index is -0.907. The number of carbonyl (C=O) groups is 2. The van der Waals surface area contributed by atoms with Crippen LogP contribution in [0.1, 0.15) is 44.5 Å². The molecule has 1 heterocycles. The van der Waals surface area contributed by atoms with Crippen molar-refractivity contribution >= 4 is 23.3 Å². The first-order chi connectivity index (χ1) is 9.43. The monoisotopic (exact) mass is 298 g/mol. The van der Waals surface area contributed by atoms with Gasteiger partial charge in [-0.15, -0.1) is 11.3 Å². The summed E-state index contributed by atoms with van der Waals surface area (Å²) in [5.41, 5.74) is 0. The second-order valence-corrected chi connectivity index (χ2v) is 6.04. The highest BCUT2D eigenvalue weighted by molar-refractivity contribution is 7.10. The van der Waals surface area contributed by atoms with E-state index in [1.54, 1.807) is 11.3 Å². The molecule has 1 rings (SSSR count). The first-order valence-electron chi connectivity index (χ1n) is 6.76. The number of aliphatic carboxylic acids is 1. The molecule has 0 saturated carbocycles. The van der Waals surface area contributed by atoms with Gasteiger partial charge >= 0.3 is 12.0 Å². The average molecular weight is 298 g/mol. The molecule has 5 nitrogen and oxygen atoms in total. The largest absolute Gasteiger partial charge is 0.481 e. The molecule has 1 aromatic heterocycles. The third kappa shape index (κ3) is 5.21. The summed E-state index contributed by atoms with van der Waals surface area (Å²) in [5, 5.41) is 16.4. The number of nitrogens with one attached hydrogen (secondary N) is 2. The van der Waals surface area contributed by atoms with Crippen LogP contribution >= 0.6 is 11.3 Å². The van der Waals surface area contributed by atoms with E-state index in [-0.39, 0.29) is 30.5 Å². The highest BCUT2D eigenvalue weighted by atomic mass is 32.1. The van der Waals surface area contributed by atoms with E-state index < -0.39 is 5.97 Å². The fourth-order valence-electron chi connectivity index (χ4n) is 1.91. The van der Waals surface area contributed by atoms with E-state index in [1.165, 1.54) is 0 Å². The summed E-state index contributed by atoms with van der Waals surface area (Å²) >= 11 is 1.60. The second kappa shape index (κ2) is 7.89. The van der Waals surface area contributed by atoms with Gasteiger partial charge in [-0.1, -0.05) is 26.8 Å². The Labute approximate surface area is 123 Å². The lowest BCUT2D eigenvalue weighted by Crippen LogP contribution is -2.44. The van der Waals surface area contributed by atoms with Gasteiger partial charge in [0.15, 0.2) is 0 Å². The van der Waals surface area contributed by atoms with Crippen LogP contribution < -0.4 is 10.6 Å². The molecule has 0 aliphatic rings. The first kappa shape index (κ1) is 16.5. The molecule has 2 atom stereocenters. The molecule has 0 aromatic carbocycles. The van der Waals surface area contributed by atoms with Crippen molar-refractivity contribution in [3.05, 3.63) is 22.4 Å². The van der Waals surface area contributed by atoms with Gasteiger partial charge in [-0.2, -0.15) is 0 Å². The Morgan fingerprint density at radius 2 is 2.05 bits per heavy atom. The zero-order chi connectivity index (χ0) is 15.1. The maximum atomic E-state index is 12.0. The van der Waals surface area contributed by atoms with Crippen LogP contribution in [0.25, 0.3) is 0 Å². The summed E-state index contributed by atoms with van der Waals surface area (Å²) < 4.78 is 0. The number of carboxylic acids is 1. The molecule has 2 amide bonds. The molecule has 0 saturated heterocycles. The van der Waals surface area contributed by atoms with Crippen LogP contribution in [0, 0.1) is 5.92 Å². The molecule has 0 spiro atoms. The highest BCUT2D eigenvalue weighted by Gasteiger charge is 2.21. The summed E-state index contributed by atoms with van der Waals surface area (Å²) in [6, 6.07) is 3.23. The molecule has 3 N–H and O–H groups in total. The standard InChI is InChI=1S/C14H22N2O3S/c1-4-10(8-12(17)18)15-14(19)16-13(9(2)3)11-6-5-7-20-11/h5-7,9-10,13H,4,8H2,1-3H3,(H,17,18)(H2,15,16,19). The molecule has 0 radical (unpaired) electrons. The van der Waals surface area contributed by atoms with Gasteiger partial charge in [-0.05, 0) is 23.8 Å². The van der Waals surface area contributed by atoms with Crippen molar-refractivity contribution in [2.45, 2.75) is 45.7 Å². The molecule has 0 fully saturated rings. The highest BCUT2D eigenvalue weighted by Crippen LogP contribution is 2.25. The van der Waals surface area contributed by atoms with Crippen molar-refractivity contribution in [3.8, 4) is 0 Å². The smallest absolute Gasteiger partial charge is 0.315 e. The Morgan fingerprint density at radius 1 is 1.35 bits per heavy atom. The lowest BCUT2D eigenvalue weighted by Gasteiger charge is -2.23. The maximum absolute atomic E-state index is 12.0. The topological polar surface area (TPSA) is 78.4 Å². The molecule has 0 bridgehead atoms. The Hall–Kier alpha value is -1.56. The van der Waals surface area contributed by atoms with Crippen molar-refractivity contribution in [1.29, 1.82) is 0 Å². The molecule has 6 heteroatoms. The molecule has 0 aliphatic heterocycles. The second-order valence-electron chi connectivity index (χ2n) is 5.06. The summed E-state index contributed by atoms with van der Waals surface area (Å²) in [7, 11) is 0. The summed E-state index contributed by atoms with van der Waals surface area (Å²) in [4.78, 5) is 23.8. The van der Waals surface area contributed by atoms with Crippen molar-refractivity contribution in [3.63, 3.8) is 0 Å². The van der Waals surface area contributed by atoms with Gasteiger partial charge in [0.05, 0.1) is 12.5 Å². The first-order valence-corrected chi connectivity index (χ1v) is 7.64. The van der Waals surface area contributed by atoms with Gasteiger partial charge in [-0.25, -0.2) is 4.79 Å². The van der Waals surface area contributed by atoms with E-state index in [0.29, 0.717) is 6.42 Å². The molecule has 1 aromatic rings. The Bertz CT molecular complexity index is 432. The van der Waals surface area contributed by atoms with Gasteiger partial charge in [0.25, 0.3) is 0 Å². The van der Waals surface area contributed by atoms with E-state index in [4.69, 9.17) is 5.11 Å². The normalized spacial score (nSPS) is 13.8. The van der Waals surface area contributed by atoms with E-state index >= 15 is 0 Å². The van der Waals surface area contributed by atoms with Crippen molar-refractivity contribution in [1.82, 2.24) is 10.6 Å². The molecular weight excluding hydrogens is 276 g/mol. The quantitative estimate of drug-likeness (QED) is 0.724. The number of thiophene rings is 1. The lowest BCUT2D eigenvalue weighted by molar-refractivity contribution is -0.137. The molecule has 112 valence electrons. The zero-order valence-electron chi connectivity index (χ0n) is 12.1. The van der Waals surface area contributed by atoms with Crippen LogP contribution in [0.2, 0.25) is 0 Å². The summed E-state index contributed by atoms with van der Waals surface area (Å²) in [6.45, 7) is 5.94. The van der Waals surface area contributed by atoms with Crippen molar-refractivity contribution < 1.29 is 14.7 Å². The summed E-state index contributed by atoms with van der Waals surface area (Å²) in [6.07, 6.45) is 0.528. The predicted molar refractivity (Wildman–Crippen MR) is 79.9 cm³/mol. The number of carbonyl (C=O) groups excluding carboxylic acids is 1. The van der Waals surface area contributed by atoms with Crippen molar-refractivity contribution in [2.24, 2.45) is 5.92 Å². The van der Waals surface area contributed by atoms with Crippen molar-refractivity contribution in [2.75, 3.05) is 0 Å². The van der Waals surface area contributed by atoms with Crippen LogP contribution in [0.4, 0.5) is 4.79 Å². The molecule has 20 heavy (non-hydrogen) atoms. The Kier molecular flexibility index (Phi) is 6.51. The fraction of sp³-hybridized carbons (Fsp3) is 0.571. The minimum absolute atomic E-state index is 0.0580. The third-order valence-corrected chi connectivity index (χ3v) is 4.01. The number of hydrogen-bond donors (Lipinski definition) is 3. The predicted octanol–water partition coefficient (Wildman–Crippen LogP) is 3.00. The number of rotatable bonds is 7. The van der Waals surface area contributed by atoms with E-state index in [9.17, 15) is 9.59 Å². The number of carboxylic acid groups (broad SMARTS) is 1. The third-order valence-electron chi connectivity index (χ3n) is 3.05.